The van der Waals surface area contributed by atoms with Crippen LogP contribution in [-0.2, 0) is 13.2 Å². The summed E-state index contributed by atoms with van der Waals surface area (Å²) in [6, 6.07) is 9.30. The Balaban J connectivity index is 2.17. The van der Waals surface area contributed by atoms with Crippen LogP contribution in [0.2, 0.25) is 5.02 Å². The first-order chi connectivity index (χ1) is 10.1. The van der Waals surface area contributed by atoms with Gasteiger partial charge in [-0.05, 0) is 42.8 Å². The molecule has 2 rings (SSSR count). The van der Waals surface area contributed by atoms with Crippen LogP contribution >= 0.6 is 11.6 Å². The maximum Gasteiger partial charge on any atom is 0.161 e. The van der Waals surface area contributed by atoms with Crippen LogP contribution in [0.15, 0.2) is 36.4 Å². The third kappa shape index (κ3) is 4.09. The second-order valence-corrected chi connectivity index (χ2v) is 4.80. The zero-order valence-corrected chi connectivity index (χ0v) is 12.4. The molecule has 0 spiro atoms. The number of aliphatic hydroxyl groups excluding tert-OH is 1. The Morgan fingerprint density at radius 1 is 1.10 bits per heavy atom. The number of aliphatic hydroxyl groups is 1. The number of hydrogen-bond acceptors (Lipinski definition) is 3. The van der Waals surface area contributed by atoms with Crippen molar-refractivity contribution in [1.29, 1.82) is 0 Å². The van der Waals surface area contributed by atoms with Crippen LogP contribution in [0.3, 0.4) is 0 Å². The molecule has 0 aromatic heterocycles. The summed E-state index contributed by atoms with van der Waals surface area (Å²) in [6.45, 7) is 2.40. The minimum absolute atomic E-state index is 0.0733. The standard InChI is InChI=1S/C16H16ClFO3/c1-2-20-16-7-11(9-19)3-6-15(16)21-10-12-8-13(18)4-5-14(12)17/h3-8,19H,2,9-10H2,1H3. The minimum Gasteiger partial charge on any atom is -0.490 e. The van der Waals surface area contributed by atoms with Crippen molar-refractivity contribution < 1.29 is 19.0 Å². The van der Waals surface area contributed by atoms with Gasteiger partial charge >= 0.3 is 0 Å². The molecule has 0 saturated carbocycles. The smallest absolute Gasteiger partial charge is 0.161 e. The molecule has 0 aliphatic heterocycles. The number of ether oxygens (including phenoxy) is 2. The van der Waals surface area contributed by atoms with Crippen molar-refractivity contribution in [1.82, 2.24) is 0 Å². The summed E-state index contributed by atoms with van der Waals surface area (Å²) < 4.78 is 24.3. The predicted molar refractivity (Wildman–Crippen MR) is 79.3 cm³/mol. The van der Waals surface area contributed by atoms with Crippen LogP contribution in [0.1, 0.15) is 18.1 Å². The lowest BCUT2D eigenvalue weighted by atomic mass is 10.2. The van der Waals surface area contributed by atoms with E-state index in [9.17, 15) is 4.39 Å². The van der Waals surface area contributed by atoms with Crippen molar-refractivity contribution in [2.45, 2.75) is 20.1 Å². The van der Waals surface area contributed by atoms with E-state index in [4.69, 9.17) is 26.2 Å². The third-order valence-electron chi connectivity index (χ3n) is 2.88. The van der Waals surface area contributed by atoms with E-state index in [1.807, 2.05) is 6.92 Å². The zero-order valence-electron chi connectivity index (χ0n) is 11.6. The Hall–Kier alpha value is -1.78. The maximum atomic E-state index is 13.2. The van der Waals surface area contributed by atoms with Gasteiger partial charge < -0.3 is 14.6 Å². The molecule has 0 saturated heterocycles. The molecule has 2 aromatic carbocycles. The molecule has 0 aliphatic carbocycles. The summed E-state index contributed by atoms with van der Waals surface area (Å²) in [5.74, 6) is 0.699. The third-order valence-corrected chi connectivity index (χ3v) is 3.25. The molecular formula is C16H16ClFO3. The van der Waals surface area contributed by atoms with Gasteiger partial charge in [0.15, 0.2) is 11.5 Å². The van der Waals surface area contributed by atoms with Crippen molar-refractivity contribution in [3.05, 3.63) is 58.4 Å². The molecule has 0 atom stereocenters. The van der Waals surface area contributed by atoms with Crippen molar-refractivity contribution in [3.63, 3.8) is 0 Å². The molecule has 0 heterocycles. The quantitative estimate of drug-likeness (QED) is 0.878. The molecule has 3 nitrogen and oxygen atoms in total. The highest BCUT2D eigenvalue weighted by molar-refractivity contribution is 6.31. The second kappa shape index (κ2) is 7.29. The van der Waals surface area contributed by atoms with Crippen molar-refractivity contribution in [3.8, 4) is 11.5 Å². The Morgan fingerprint density at radius 3 is 2.62 bits per heavy atom. The summed E-state index contributed by atoms with van der Waals surface area (Å²) in [5.41, 5.74) is 1.29. The normalized spacial score (nSPS) is 10.5. The molecule has 2 aromatic rings. The van der Waals surface area contributed by atoms with Crippen LogP contribution < -0.4 is 9.47 Å². The van der Waals surface area contributed by atoms with Gasteiger partial charge in [-0.15, -0.1) is 0 Å². The van der Waals surface area contributed by atoms with Gasteiger partial charge in [-0.2, -0.15) is 0 Å². The van der Waals surface area contributed by atoms with Gasteiger partial charge in [-0.1, -0.05) is 17.7 Å². The average molecular weight is 311 g/mol. The predicted octanol–water partition coefficient (Wildman–Crippen LogP) is 3.95. The molecule has 1 N–H and O–H groups in total. The highest BCUT2D eigenvalue weighted by Gasteiger charge is 2.09. The zero-order chi connectivity index (χ0) is 15.2. The first-order valence-electron chi connectivity index (χ1n) is 6.57. The largest absolute Gasteiger partial charge is 0.490 e. The molecule has 5 heteroatoms. The Morgan fingerprint density at radius 2 is 1.90 bits per heavy atom. The molecule has 21 heavy (non-hydrogen) atoms. The van der Waals surface area contributed by atoms with Crippen LogP contribution in [0.25, 0.3) is 0 Å². The van der Waals surface area contributed by atoms with Gasteiger partial charge in [0.05, 0.1) is 13.2 Å². The van der Waals surface area contributed by atoms with Crippen LogP contribution in [0, 0.1) is 5.82 Å². The summed E-state index contributed by atoms with van der Waals surface area (Å²) in [4.78, 5) is 0. The SMILES string of the molecule is CCOc1cc(CO)ccc1OCc1cc(F)ccc1Cl. The van der Waals surface area contributed by atoms with Crippen LogP contribution in [-0.4, -0.2) is 11.7 Å². The molecule has 0 unspecified atom stereocenters. The van der Waals surface area contributed by atoms with Crippen molar-refractivity contribution >= 4 is 11.6 Å². The van der Waals surface area contributed by atoms with Gasteiger partial charge in [-0.25, -0.2) is 4.39 Å². The molecule has 0 aliphatic rings. The van der Waals surface area contributed by atoms with Gasteiger partial charge in [0.1, 0.15) is 12.4 Å². The number of benzene rings is 2. The summed E-state index contributed by atoms with van der Waals surface area (Å²) in [5, 5.41) is 9.59. The number of rotatable bonds is 6. The monoisotopic (exact) mass is 310 g/mol. The van der Waals surface area contributed by atoms with E-state index in [-0.39, 0.29) is 19.0 Å². The maximum absolute atomic E-state index is 13.2. The van der Waals surface area contributed by atoms with E-state index in [0.29, 0.717) is 28.7 Å². The molecule has 0 fully saturated rings. The van der Waals surface area contributed by atoms with E-state index in [0.717, 1.165) is 5.56 Å². The average Bonchev–Trinajstić information content (AvgIpc) is 2.49. The lowest BCUT2D eigenvalue weighted by Gasteiger charge is -2.13. The first kappa shape index (κ1) is 15.6. The van der Waals surface area contributed by atoms with Crippen LogP contribution in [0.4, 0.5) is 4.39 Å². The van der Waals surface area contributed by atoms with E-state index in [2.05, 4.69) is 0 Å². The topological polar surface area (TPSA) is 38.7 Å². The van der Waals surface area contributed by atoms with E-state index >= 15 is 0 Å². The summed E-state index contributed by atoms with van der Waals surface area (Å²) >= 11 is 6.00. The fraction of sp³-hybridized carbons (Fsp3) is 0.250. The van der Waals surface area contributed by atoms with Crippen LogP contribution in [0.5, 0.6) is 11.5 Å². The number of halogens is 2. The fourth-order valence-electron chi connectivity index (χ4n) is 1.85. The molecule has 112 valence electrons. The lowest BCUT2D eigenvalue weighted by molar-refractivity contribution is 0.263. The Bertz CT molecular complexity index is 616. The second-order valence-electron chi connectivity index (χ2n) is 4.40. The number of hydrogen-bond donors (Lipinski definition) is 1. The molecule has 0 amide bonds. The molecule has 0 bridgehead atoms. The van der Waals surface area contributed by atoms with E-state index < -0.39 is 0 Å². The Labute approximate surface area is 127 Å². The lowest BCUT2D eigenvalue weighted by Crippen LogP contribution is -2.01. The van der Waals surface area contributed by atoms with E-state index in [1.165, 1.54) is 18.2 Å². The van der Waals surface area contributed by atoms with Gasteiger partial charge in [0.25, 0.3) is 0 Å². The van der Waals surface area contributed by atoms with Gasteiger partial charge in [-0.3, -0.25) is 0 Å². The first-order valence-corrected chi connectivity index (χ1v) is 6.95. The van der Waals surface area contributed by atoms with Gasteiger partial charge in [0.2, 0.25) is 0 Å². The fourth-order valence-corrected chi connectivity index (χ4v) is 2.02. The summed E-state index contributed by atoms with van der Waals surface area (Å²) in [6.07, 6.45) is 0. The summed E-state index contributed by atoms with van der Waals surface area (Å²) in [7, 11) is 0. The Kier molecular flexibility index (Phi) is 5.42. The molecular weight excluding hydrogens is 295 g/mol. The van der Waals surface area contributed by atoms with E-state index in [1.54, 1.807) is 18.2 Å². The molecule has 0 radical (unpaired) electrons. The minimum atomic E-state index is -0.362. The van der Waals surface area contributed by atoms with Gasteiger partial charge in [0, 0.05) is 10.6 Å². The highest BCUT2D eigenvalue weighted by atomic mass is 35.5. The highest BCUT2D eigenvalue weighted by Crippen LogP contribution is 2.30. The van der Waals surface area contributed by atoms with Crippen molar-refractivity contribution in [2.24, 2.45) is 0 Å². The van der Waals surface area contributed by atoms with Crippen molar-refractivity contribution in [2.75, 3.05) is 6.61 Å².